The number of phenolic OH excluding ortho intramolecular Hbond substituents is 1. The van der Waals surface area contributed by atoms with Crippen molar-refractivity contribution in [1.29, 1.82) is 0 Å². The third-order valence-electron chi connectivity index (χ3n) is 2.47. The summed E-state index contributed by atoms with van der Waals surface area (Å²) in [4.78, 5) is 4.16. The standard InChI is InChI=1S/C13H16N2O2/c1-2-12-8-15-13(17-12)9-14-7-10-4-3-5-11(16)6-10/h3-6,8,14,16H,2,7,9H2,1H3. The molecule has 1 aromatic carbocycles. The van der Waals surface area contributed by atoms with Gasteiger partial charge in [0, 0.05) is 13.0 Å². The fourth-order valence-corrected chi connectivity index (χ4v) is 1.57. The van der Waals surface area contributed by atoms with E-state index in [1.54, 1.807) is 18.3 Å². The number of hydrogen-bond donors (Lipinski definition) is 2. The smallest absolute Gasteiger partial charge is 0.208 e. The predicted molar refractivity (Wildman–Crippen MR) is 64.5 cm³/mol. The molecular weight excluding hydrogens is 216 g/mol. The lowest BCUT2D eigenvalue weighted by Crippen LogP contribution is -2.12. The average Bonchev–Trinajstić information content (AvgIpc) is 2.77. The van der Waals surface area contributed by atoms with E-state index in [-0.39, 0.29) is 5.75 Å². The van der Waals surface area contributed by atoms with Crippen molar-refractivity contribution in [3.63, 3.8) is 0 Å². The molecule has 2 rings (SSSR count). The Morgan fingerprint density at radius 2 is 2.24 bits per heavy atom. The number of aromatic nitrogens is 1. The molecule has 0 spiro atoms. The Kier molecular flexibility index (Phi) is 3.77. The number of aryl methyl sites for hydroxylation is 1. The van der Waals surface area contributed by atoms with Crippen LogP contribution in [0.25, 0.3) is 0 Å². The molecule has 0 aliphatic heterocycles. The van der Waals surface area contributed by atoms with Crippen LogP contribution in [-0.4, -0.2) is 10.1 Å². The minimum atomic E-state index is 0.286. The van der Waals surface area contributed by atoms with E-state index >= 15 is 0 Å². The summed E-state index contributed by atoms with van der Waals surface area (Å²) in [5.74, 6) is 1.88. The molecule has 4 heteroatoms. The molecule has 0 saturated heterocycles. The molecule has 0 saturated carbocycles. The fourth-order valence-electron chi connectivity index (χ4n) is 1.57. The zero-order valence-corrected chi connectivity index (χ0v) is 9.81. The zero-order valence-electron chi connectivity index (χ0n) is 9.81. The molecule has 0 aliphatic carbocycles. The van der Waals surface area contributed by atoms with Crippen molar-refractivity contribution in [3.05, 3.63) is 47.7 Å². The molecule has 0 atom stereocenters. The Morgan fingerprint density at radius 1 is 1.35 bits per heavy atom. The van der Waals surface area contributed by atoms with Gasteiger partial charge in [-0.25, -0.2) is 4.98 Å². The van der Waals surface area contributed by atoms with E-state index in [1.807, 2.05) is 19.1 Å². The highest BCUT2D eigenvalue weighted by Gasteiger charge is 2.01. The number of oxazole rings is 1. The average molecular weight is 232 g/mol. The number of nitrogens with one attached hydrogen (secondary N) is 1. The van der Waals surface area contributed by atoms with Crippen molar-refractivity contribution < 1.29 is 9.52 Å². The topological polar surface area (TPSA) is 58.3 Å². The van der Waals surface area contributed by atoms with E-state index in [9.17, 15) is 5.11 Å². The molecule has 2 N–H and O–H groups in total. The molecule has 0 bridgehead atoms. The Bertz CT molecular complexity index is 480. The summed E-state index contributed by atoms with van der Waals surface area (Å²) in [7, 11) is 0. The van der Waals surface area contributed by atoms with Crippen molar-refractivity contribution in [2.45, 2.75) is 26.4 Å². The van der Waals surface area contributed by atoms with Crippen LogP contribution in [0.5, 0.6) is 5.75 Å². The zero-order chi connectivity index (χ0) is 12.1. The largest absolute Gasteiger partial charge is 0.508 e. The number of benzene rings is 1. The number of aromatic hydroxyl groups is 1. The highest BCUT2D eigenvalue weighted by Crippen LogP contribution is 2.10. The van der Waals surface area contributed by atoms with Gasteiger partial charge in [-0.2, -0.15) is 0 Å². The van der Waals surface area contributed by atoms with Crippen molar-refractivity contribution in [2.75, 3.05) is 0 Å². The van der Waals surface area contributed by atoms with Crippen molar-refractivity contribution >= 4 is 0 Å². The molecule has 0 amide bonds. The van der Waals surface area contributed by atoms with E-state index in [0.717, 1.165) is 17.7 Å². The summed E-state index contributed by atoms with van der Waals surface area (Å²) in [5.41, 5.74) is 1.03. The number of hydrogen-bond acceptors (Lipinski definition) is 4. The second kappa shape index (κ2) is 5.50. The van der Waals surface area contributed by atoms with Gasteiger partial charge in [-0.3, -0.25) is 0 Å². The first-order valence-corrected chi connectivity index (χ1v) is 5.70. The Balaban J connectivity index is 1.83. The van der Waals surface area contributed by atoms with Gasteiger partial charge in [0.1, 0.15) is 11.5 Å². The minimum absolute atomic E-state index is 0.286. The lowest BCUT2D eigenvalue weighted by Gasteiger charge is -2.02. The maximum Gasteiger partial charge on any atom is 0.208 e. The van der Waals surface area contributed by atoms with Crippen LogP contribution in [0.2, 0.25) is 0 Å². The number of rotatable bonds is 5. The van der Waals surface area contributed by atoms with Gasteiger partial charge in [0.2, 0.25) is 5.89 Å². The van der Waals surface area contributed by atoms with Gasteiger partial charge in [0.15, 0.2) is 0 Å². The van der Waals surface area contributed by atoms with Gasteiger partial charge in [0.05, 0.1) is 12.7 Å². The first-order valence-electron chi connectivity index (χ1n) is 5.70. The third kappa shape index (κ3) is 3.32. The van der Waals surface area contributed by atoms with Crippen LogP contribution in [0, 0.1) is 0 Å². The van der Waals surface area contributed by atoms with Crippen LogP contribution in [0.4, 0.5) is 0 Å². The maximum absolute atomic E-state index is 9.31. The van der Waals surface area contributed by atoms with E-state index < -0.39 is 0 Å². The molecular formula is C13H16N2O2. The lowest BCUT2D eigenvalue weighted by atomic mass is 10.2. The number of phenols is 1. The Hall–Kier alpha value is -1.81. The van der Waals surface area contributed by atoms with E-state index in [1.165, 1.54) is 0 Å². The van der Waals surface area contributed by atoms with Crippen molar-refractivity contribution in [2.24, 2.45) is 0 Å². The van der Waals surface area contributed by atoms with Gasteiger partial charge < -0.3 is 14.8 Å². The summed E-state index contributed by atoms with van der Waals surface area (Å²) in [5, 5.41) is 12.5. The van der Waals surface area contributed by atoms with Crippen LogP contribution in [0.15, 0.2) is 34.9 Å². The first kappa shape index (κ1) is 11.7. The van der Waals surface area contributed by atoms with Gasteiger partial charge >= 0.3 is 0 Å². The van der Waals surface area contributed by atoms with Crippen molar-refractivity contribution in [3.8, 4) is 5.75 Å². The van der Waals surface area contributed by atoms with Crippen LogP contribution in [0.1, 0.15) is 24.1 Å². The highest BCUT2D eigenvalue weighted by atomic mass is 16.4. The first-order chi connectivity index (χ1) is 8.28. The Labute approximate surface area is 100 Å². The predicted octanol–water partition coefficient (Wildman–Crippen LogP) is 2.23. The van der Waals surface area contributed by atoms with Crippen molar-refractivity contribution in [1.82, 2.24) is 10.3 Å². The van der Waals surface area contributed by atoms with E-state index in [2.05, 4.69) is 10.3 Å². The SMILES string of the molecule is CCc1cnc(CNCc2cccc(O)c2)o1. The Morgan fingerprint density at radius 3 is 2.94 bits per heavy atom. The fraction of sp³-hybridized carbons (Fsp3) is 0.308. The second-order valence-corrected chi connectivity index (χ2v) is 3.85. The summed E-state index contributed by atoms with van der Waals surface area (Å²) in [6.07, 6.45) is 2.62. The molecule has 1 aromatic heterocycles. The summed E-state index contributed by atoms with van der Waals surface area (Å²) >= 11 is 0. The molecule has 0 radical (unpaired) electrons. The molecule has 1 heterocycles. The highest BCUT2D eigenvalue weighted by molar-refractivity contribution is 5.26. The molecule has 2 aromatic rings. The van der Waals surface area contributed by atoms with Crippen LogP contribution in [-0.2, 0) is 19.5 Å². The van der Waals surface area contributed by atoms with Gasteiger partial charge in [-0.15, -0.1) is 0 Å². The van der Waals surface area contributed by atoms with Crippen LogP contribution >= 0.6 is 0 Å². The van der Waals surface area contributed by atoms with Gasteiger partial charge in [0.25, 0.3) is 0 Å². The molecule has 0 aliphatic rings. The quantitative estimate of drug-likeness (QED) is 0.830. The molecule has 0 unspecified atom stereocenters. The second-order valence-electron chi connectivity index (χ2n) is 3.85. The van der Waals surface area contributed by atoms with Crippen LogP contribution in [0.3, 0.4) is 0 Å². The third-order valence-corrected chi connectivity index (χ3v) is 2.47. The minimum Gasteiger partial charge on any atom is -0.508 e. The van der Waals surface area contributed by atoms with E-state index in [0.29, 0.717) is 19.0 Å². The van der Waals surface area contributed by atoms with Crippen LogP contribution < -0.4 is 5.32 Å². The normalized spacial score (nSPS) is 10.6. The maximum atomic E-state index is 9.31. The molecule has 90 valence electrons. The molecule has 17 heavy (non-hydrogen) atoms. The lowest BCUT2D eigenvalue weighted by molar-refractivity contribution is 0.438. The molecule has 0 fully saturated rings. The summed E-state index contributed by atoms with van der Waals surface area (Å²) < 4.78 is 5.47. The summed E-state index contributed by atoms with van der Waals surface area (Å²) in [6, 6.07) is 7.18. The molecule has 4 nitrogen and oxygen atoms in total. The summed E-state index contributed by atoms with van der Waals surface area (Å²) in [6.45, 7) is 3.30. The van der Waals surface area contributed by atoms with E-state index in [4.69, 9.17) is 4.42 Å². The monoisotopic (exact) mass is 232 g/mol. The van der Waals surface area contributed by atoms with Gasteiger partial charge in [-0.1, -0.05) is 19.1 Å². The van der Waals surface area contributed by atoms with Gasteiger partial charge in [-0.05, 0) is 17.7 Å². The number of nitrogens with zero attached hydrogens (tertiary/aromatic N) is 1.